The van der Waals surface area contributed by atoms with E-state index in [0.29, 0.717) is 16.5 Å². The predicted octanol–water partition coefficient (Wildman–Crippen LogP) is 3.05. The van der Waals surface area contributed by atoms with Crippen LogP contribution in [-0.2, 0) is 4.79 Å². The molecule has 1 unspecified atom stereocenters. The third kappa shape index (κ3) is 2.89. The van der Waals surface area contributed by atoms with Gasteiger partial charge in [-0.25, -0.2) is 0 Å². The molecule has 1 aliphatic rings. The minimum absolute atomic E-state index is 0.179. The number of amidine groups is 1. The Labute approximate surface area is 152 Å². The Hall–Kier alpha value is -3.30. The molecular formula is C20H14N4OS. The van der Waals surface area contributed by atoms with Crippen molar-refractivity contribution >= 4 is 37.8 Å². The third-order valence-corrected chi connectivity index (χ3v) is 5.88. The number of rotatable bonds is 2. The number of hydrogen-bond donors (Lipinski definition) is 1. The van der Waals surface area contributed by atoms with Crippen molar-refractivity contribution in [3.8, 4) is 17.2 Å². The molecule has 1 amide bonds. The number of benzene rings is 2. The van der Waals surface area contributed by atoms with Crippen LogP contribution < -0.4 is 5.73 Å². The van der Waals surface area contributed by atoms with E-state index >= 15 is 0 Å². The summed E-state index contributed by atoms with van der Waals surface area (Å²) < 4.78 is 0. The standard InChI is InChI=1S/C20H14N4OS/c21-9-15-10-23-17-7-6-13(11-26-12-18(25)24-20(26)22)8-16(17)19(15)14-4-2-1-3-5-14/h1-8,10-11H,12H2,(H2,22,24,25). The van der Waals surface area contributed by atoms with E-state index in [1.807, 2.05) is 53.9 Å². The molecule has 5 nitrogen and oxygen atoms in total. The van der Waals surface area contributed by atoms with Crippen LogP contribution in [0.25, 0.3) is 22.0 Å². The molecule has 0 bridgehead atoms. The van der Waals surface area contributed by atoms with Crippen molar-refractivity contribution in [3.05, 3.63) is 65.9 Å². The summed E-state index contributed by atoms with van der Waals surface area (Å²) in [5.41, 5.74) is 9.95. The molecule has 2 aromatic carbocycles. The van der Waals surface area contributed by atoms with Gasteiger partial charge < -0.3 is 5.73 Å². The van der Waals surface area contributed by atoms with Crippen LogP contribution in [0.5, 0.6) is 0 Å². The molecule has 3 aromatic rings. The quantitative estimate of drug-likeness (QED) is 0.713. The first-order valence-corrected chi connectivity index (χ1v) is 9.41. The second-order valence-corrected chi connectivity index (χ2v) is 7.64. The van der Waals surface area contributed by atoms with Crippen LogP contribution in [0.2, 0.25) is 0 Å². The van der Waals surface area contributed by atoms with Crippen LogP contribution >= 0.6 is 10.5 Å². The van der Waals surface area contributed by atoms with Gasteiger partial charge in [-0.05, 0) is 28.6 Å². The zero-order chi connectivity index (χ0) is 18.1. The maximum atomic E-state index is 11.5. The van der Waals surface area contributed by atoms with Crippen molar-refractivity contribution < 1.29 is 4.79 Å². The number of fused-ring (bicyclic) bond motifs is 1. The number of carbonyl (C=O) groups excluding carboxylic acids is 1. The molecule has 4 rings (SSSR count). The van der Waals surface area contributed by atoms with Crippen LogP contribution in [0.15, 0.2) is 59.7 Å². The molecule has 2 N–H and O–H groups in total. The highest BCUT2D eigenvalue weighted by atomic mass is 32.2. The average molecular weight is 358 g/mol. The highest BCUT2D eigenvalue weighted by Crippen LogP contribution is 2.31. The van der Waals surface area contributed by atoms with Gasteiger partial charge in [0.2, 0.25) is 0 Å². The number of aliphatic imine (C=N–C) groups is 1. The van der Waals surface area contributed by atoms with Crippen LogP contribution in [0.3, 0.4) is 0 Å². The van der Waals surface area contributed by atoms with Gasteiger partial charge in [0.05, 0.1) is 16.8 Å². The Morgan fingerprint density at radius 1 is 1.19 bits per heavy atom. The van der Waals surface area contributed by atoms with Crippen LogP contribution in [0.1, 0.15) is 11.1 Å². The smallest absolute Gasteiger partial charge is 0.258 e. The van der Waals surface area contributed by atoms with E-state index < -0.39 is 10.5 Å². The van der Waals surface area contributed by atoms with E-state index in [4.69, 9.17) is 5.73 Å². The minimum atomic E-state index is -0.486. The zero-order valence-electron chi connectivity index (χ0n) is 13.7. The van der Waals surface area contributed by atoms with E-state index in [9.17, 15) is 10.1 Å². The van der Waals surface area contributed by atoms with Gasteiger partial charge >= 0.3 is 0 Å². The van der Waals surface area contributed by atoms with Gasteiger partial charge in [-0.2, -0.15) is 10.3 Å². The number of hydrogen-bond acceptors (Lipinski definition) is 4. The van der Waals surface area contributed by atoms with Crippen molar-refractivity contribution in [2.24, 2.45) is 10.7 Å². The lowest BCUT2D eigenvalue weighted by molar-refractivity contribution is -0.115. The molecule has 1 aromatic heterocycles. The Bertz CT molecular complexity index is 1140. The van der Waals surface area contributed by atoms with Crippen molar-refractivity contribution in [1.82, 2.24) is 4.98 Å². The molecule has 0 radical (unpaired) electrons. The molecule has 0 spiro atoms. The van der Waals surface area contributed by atoms with Crippen LogP contribution in [0, 0.1) is 11.3 Å². The lowest BCUT2D eigenvalue weighted by atomic mass is 9.96. The van der Waals surface area contributed by atoms with E-state index in [1.54, 1.807) is 6.20 Å². The molecule has 1 atom stereocenters. The summed E-state index contributed by atoms with van der Waals surface area (Å²) in [6.07, 6.45) is 1.61. The van der Waals surface area contributed by atoms with Gasteiger partial charge in [0, 0.05) is 17.1 Å². The summed E-state index contributed by atoms with van der Waals surface area (Å²) in [4.78, 5) is 19.7. The SMILES string of the molecule is N#Cc1cnc2ccc(C=S3CC(=O)N=C3N)cc2c1-c1ccccc1. The van der Waals surface area contributed by atoms with Gasteiger partial charge in [-0.1, -0.05) is 36.4 Å². The Kier molecular flexibility index (Phi) is 4.07. The van der Waals surface area contributed by atoms with Crippen molar-refractivity contribution in [2.45, 2.75) is 0 Å². The zero-order valence-corrected chi connectivity index (χ0v) is 14.5. The second kappa shape index (κ2) is 6.54. The molecule has 6 heteroatoms. The topological polar surface area (TPSA) is 92.1 Å². The average Bonchev–Trinajstić information content (AvgIpc) is 2.98. The highest BCUT2D eigenvalue weighted by Gasteiger charge is 2.16. The number of nitrogens with two attached hydrogens (primary N) is 1. The maximum Gasteiger partial charge on any atom is 0.258 e. The third-order valence-electron chi connectivity index (χ3n) is 4.14. The number of pyridine rings is 1. The molecule has 0 fully saturated rings. The van der Waals surface area contributed by atoms with Gasteiger partial charge in [0.1, 0.15) is 6.07 Å². The first-order chi connectivity index (χ1) is 12.7. The summed E-state index contributed by atoms with van der Waals surface area (Å²) in [7, 11) is -0.486. The normalized spacial score (nSPS) is 16.7. The van der Waals surface area contributed by atoms with Crippen LogP contribution in [-0.4, -0.2) is 27.2 Å². The number of nitrogens with zero attached hydrogens (tertiary/aromatic N) is 3. The number of nitriles is 1. The van der Waals surface area contributed by atoms with Crippen molar-refractivity contribution in [1.29, 1.82) is 5.26 Å². The first-order valence-electron chi connectivity index (χ1n) is 7.95. The lowest BCUT2D eigenvalue weighted by Crippen LogP contribution is -2.06. The lowest BCUT2D eigenvalue weighted by Gasteiger charge is -2.10. The van der Waals surface area contributed by atoms with Gasteiger partial charge in [-0.15, -0.1) is 10.5 Å². The van der Waals surface area contributed by atoms with E-state index in [1.165, 1.54) is 0 Å². The summed E-state index contributed by atoms with van der Waals surface area (Å²) >= 11 is 0. The number of aromatic nitrogens is 1. The molecule has 0 aliphatic carbocycles. The summed E-state index contributed by atoms with van der Waals surface area (Å²) in [5, 5.41) is 12.8. The predicted molar refractivity (Wildman–Crippen MR) is 106 cm³/mol. The maximum absolute atomic E-state index is 11.5. The summed E-state index contributed by atoms with van der Waals surface area (Å²) in [5.74, 6) is 0.146. The molecular weight excluding hydrogens is 344 g/mol. The minimum Gasteiger partial charge on any atom is -0.379 e. The van der Waals surface area contributed by atoms with Gasteiger partial charge in [0.15, 0.2) is 5.17 Å². The van der Waals surface area contributed by atoms with E-state index in [-0.39, 0.29) is 5.91 Å². The summed E-state index contributed by atoms with van der Waals surface area (Å²) in [6, 6.07) is 17.9. The van der Waals surface area contributed by atoms with Crippen molar-refractivity contribution in [2.75, 3.05) is 5.75 Å². The molecule has 2 heterocycles. The van der Waals surface area contributed by atoms with Gasteiger partial charge in [0.25, 0.3) is 5.91 Å². The largest absolute Gasteiger partial charge is 0.379 e. The Balaban J connectivity index is 1.93. The summed E-state index contributed by atoms with van der Waals surface area (Å²) in [6.45, 7) is 0. The first kappa shape index (κ1) is 16.2. The Morgan fingerprint density at radius 3 is 2.69 bits per heavy atom. The molecule has 126 valence electrons. The van der Waals surface area contributed by atoms with E-state index in [0.717, 1.165) is 27.6 Å². The number of carbonyl (C=O) groups is 1. The molecule has 0 saturated heterocycles. The van der Waals surface area contributed by atoms with Crippen LogP contribution in [0.4, 0.5) is 0 Å². The van der Waals surface area contributed by atoms with Crippen molar-refractivity contribution in [3.63, 3.8) is 0 Å². The molecule has 0 saturated carbocycles. The number of amides is 1. The fourth-order valence-corrected chi connectivity index (χ4v) is 4.35. The molecule has 26 heavy (non-hydrogen) atoms. The Morgan fingerprint density at radius 2 is 2.00 bits per heavy atom. The van der Waals surface area contributed by atoms with Gasteiger partial charge in [-0.3, -0.25) is 9.78 Å². The highest BCUT2D eigenvalue weighted by molar-refractivity contribution is 8.28. The molecule has 1 aliphatic heterocycles. The second-order valence-electron chi connectivity index (χ2n) is 5.84. The monoisotopic (exact) mass is 358 g/mol. The fraction of sp³-hybridized carbons (Fsp3) is 0.0500. The fourth-order valence-electron chi connectivity index (χ4n) is 2.97. The van der Waals surface area contributed by atoms with E-state index in [2.05, 4.69) is 16.0 Å².